The zero-order valence-corrected chi connectivity index (χ0v) is 12.3. The maximum atomic E-state index is 11.4. The number of nitrogens with zero attached hydrogens (tertiary/aromatic N) is 2. The Morgan fingerprint density at radius 3 is 2.85 bits per heavy atom. The van der Waals surface area contributed by atoms with Crippen LogP contribution in [0.15, 0.2) is 12.1 Å². The molecule has 1 fully saturated rings. The van der Waals surface area contributed by atoms with Crippen LogP contribution in [0.2, 0.25) is 5.02 Å². The van der Waals surface area contributed by atoms with Crippen molar-refractivity contribution in [3.05, 3.63) is 32.8 Å². The first-order chi connectivity index (χ1) is 9.41. The van der Waals surface area contributed by atoms with Gasteiger partial charge in [0.2, 0.25) is 0 Å². The molecule has 8 heteroatoms. The summed E-state index contributed by atoms with van der Waals surface area (Å²) in [5.41, 5.74) is -0.0595. The van der Waals surface area contributed by atoms with Crippen LogP contribution >= 0.6 is 23.4 Å². The topological polar surface area (TPSA) is 83.7 Å². The van der Waals surface area contributed by atoms with Gasteiger partial charge >= 0.3 is 5.97 Å². The van der Waals surface area contributed by atoms with Gasteiger partial charge < -0.3 is 10.0 Å². The summed E-state index contributed by atoms with van der Waals surface area (Å²) < 4.78 is 0. The van der Waals surface area contributed by atoms with Crippen molar-refractivity contribution in [1.29, 1.82) is 0 Å². The van der Waals surface area contributed by atoms with E-state index in [0.717, 1.165) is 17.6 Å². The summed E-state index contributed by atoms with van der Waals surface area (Å²) in [5.74, 6) is 0.527. The van der Waals surface area contributed by atoms with E-state index in [1.165, 1.54) is 6.07 Å². The summed E-state index contributed by atoms with van der Waals surface area (Å²) in [6, 6.07) is 2.40. The van der Waals surface area contributed by atoms with Gasteiger partial charge in [-0.2, -0.15) is 11.8 Å². The van der Waals surface area contributed by atoms with Crippen molar-refractivity contribution in [2.45, 2.75) is 13.0 Å². The van der Waals surface area contributed by atoms with Crippen LogP contribution in [0, 0.1) is 10.1 Å². The fraction of sp³-hybridized carbons (Fsp3) is 0.417. The molecular formula is C12H13ClN2O4S. The van der Waals surface area contributed by atoms with Crippen LogP contribution in [0.4, 0.5) is 11.4 Å². The summed E-state index contributed by atoms with van der Waals surface area (Å²) in [6.45, 7) is 2.65. The van der Waals surface area contributed by atoms with E-state index >= 15 is 0 Å². The van der Waals surface area contributed by atoms with Gasteiger partial charge in [0.15, 0.2) is 0 Å². The molecule has 1 saturated heterocycles. The van der Waals surface area contributed by atoms with Crippen molar-refractivity contribution in [3.8, 4) is 0 Å². The number of carbonyl (C=O) groups is 1. The van der Waals surface area contributed by atoms with Crippen molar-refractivity contribution in [2.75, 3.05) is 23.0 Å². The largest absolute Gasteiger partial charge is 0.478 e. The van der Waals surface area contributed by atoms with E-state index in [2.05, 4.69) is 0 Å². The quantitative estimate of drug-likeness (QED) is 0.682. The molecule has 1 aromatic rings. The zero-order valence-electron chi connectivity index (χ0n) is 10.7. The molecule has 0 bridgehead atoms. The minimum absolute atomic E-state index is 0.107. The Labute approximate surface area is 124 Å². The molecule has 1 atom stereocenters. The van der Waals surface area contributed by atoms with Crippen LogP contribution in [0.5, 0.6) is 0 Å². The number of benzene rings is 1. The van der Waals surface area contributed by atoms with Crippen molar-refractivity contribution in [2.24, 2.45) is 0 Å². The van der Waals surface area contributed by atoms with Crippen LogP contribution < -0.4 is 4.90 Å². The number of anilines is 1. The number of halogens is 1. The average molecular weight is 317 g/mol. The summed E-state index contributed by atoms with van der Waals surface area (Å²) in [5, 5.41) is 20.2. The fourth-order valence-corrected chi connectivity index (χ4v) is 3.54. The van der Waals surface area contributed by atoms with Crippen LogP contribution in [-0.4, -0.2) is 40.1 Å². The molecule has 108 valence electrons. The highest BCUT2D eigenvalue weighted by Crippen LogP contribution is 2.37. The number of nitro groups is 1. The van der Waals surface area contributed by atoms with Crippen LogP contribution in [0.1, 0.15) is 17.3 Å². The lowest BCUT2D eigenvalue weighted by molar-refractivity contribution is -0.384. The number of nitro benzene ring substituents is 1. The van der Waals surface area contributed by atoms with E-state index < -0.39 is 10.9 Å². The molecule has 1 heterocycles. The molecule has 0 saturated carbocycles. The van der Waals surface area contributed by atoms with E-state index in [1.54, 1.807) is 11.8 Å². The first-order valence-electron chi connectivity index (χ1n) is 5.97. The molecule has 1 N–H and O–H groups in total. The minimum Gasteiger partial charge on any atom is -0.478 e. The molecule has 1 aromatic carbocycles. The monoisotopic (exact) mass is 316 g/mol. The average Bonchev–Trinajstić information content (AvgIpc) is 2.38. The van der Waals surface area contributed by atoms with Gasteiger partial charge in [-0.3, -0.25) is 10.1 Å². The van der Waals surface area contributed by atoms with Crippen LogP contribution in [0.25, 0.3) is 0 Å². The van der Waals surface area contributed by atoms with Gasteiger partial charge in [0, 0.05) is 36.2 Å². The van der Waals surface area contributed by atoms with E-state index in [-0.39, 0.29) is 22.3 Å². The fourth-order valence-electron chi connectivity index (χ4n) is 2.20. The summed E-state index contributed by atoms with van der Waals surface area (Å²) in [7, 11) is 0. The predicted octanol–water partition coefficient (Wildman–Crippen LogP) is 2.89. The van der Waals surface area contributed by atoms with Gasteiger partial charge in [0.25, 0.3) is 5.69 Å². The zero-order chi connectivity index (χ0) is 14.9. The molecule has 1 aliphatic rings. The lowest BCUT2D eigenvalue weighted by atomic mass is 10.1. The van der Waals surface area contributed by atoms with Crippen molar-refractivity contribution < 1.29 is 14.8 Å². The maximum absolute atomic E-state index is 11.4. The Hall–Kier alpha value is -1.47. The third-order valence-electron chi connectivity index (χ3n) is 3.14. The highest BCUT2D eigenvalue weighted by atomic mass is 35.5. The highest BCUT2D eigenvalue weighted by molar-refractivity contribution is 7.99. The Morgan fingerprint density at radius 1 is 1.60 bits per heavy atom. The lowest BCUT2D eigenvalue weighted by Crippen LogP contribution is -2.41. The third kappa shape index (κ3) is 2.83. The lowest BCUT2D eigenvalue weighted by Gasteiger charge is -2.36. The minimum atomic E-state index is -1.21. The summed E-state index contributed by atoms with van der Waals surface area (Å²) in [4.78, 5) is 23.5. The van der Waals surface area contributed by atoms with Crippen molar-refractivity contribution in [3.63, 3.8) is 0 Å². The Bertz CT molecular complexity index is 567. The van der Waals surface area contributed by atoms with E-state index in [4.69, 9.17) is 11.6 Å². The number of rotatable bonds is 3. The molecule has 0 radical (unpaired) electrons. The Morgan fingerprint density at radius 2 is 2.30 bits per heavy atom. The molecule has 0 aromatic heterocycles. The van der Waals surface area contributed by atoms with Gasteiger partial charge in [-0.15, -0.1) is 0 Å². The molecule has 2 rings (SSSR count). The number of hydrogen-bond donors (Lipinski definition) is 1. The first kappa shape index (κ1) is 14.9. The first-order valence-corrected chi connectivity index (χ1v) is 7.50. The normalized spacial score (nSPS) is 18.9. The van der Waals surface area contributed by atoms with Gasteiger partial charge in [0.1, 0.15) is 0 Å². The van der Waals surface area contributed by atoms with E-state index in [0.29, 0.717) is 12.2 Å². The van der Waals surface area contributed by atoms with E-state index in [1.807, 2.05) is 11.8 Å². The van der Waals surface area contributed by atoms with Crippen molar-refractivity contribution in [1.82, 2.24) is 0 Å². The maximum Gasteiger partial charge on any atom is 0.338 e. The predicted molar refractivity (Wildman–Crippen MR) is 79.2 cm³/mol. The smallest absolute Gasteiger partial charge is 0.338 e. The molecule has 6 nitrogen and oxygen atoms in total. The van der Waals surface area contributed by atoms with Gasteiger partial charge in [-0.25, -0.2) is 4.79 Å². The number of non-ortho nitro benzene ring substituents is 1. The molecule has 1 aliphatic heterocycles. The standard InChI is InChI=1S/C12H13ClN2O4S/c1-7-6-20-3-2-14(7)11-9(12(16)17)4-8(15(18)19)5-10(11)13/h4-5,7H,2-3,6H2,1H3,(H,16,17). The van der Waals surface area contributed by atoms with Gasteiger partial charge in [-0.05, 0) is 6.92 Å². The summed E-state index contributed by atoms with van der Waals surface area (Å²) in [6.07, 6.45) is 0. The SMILES string of the molecule is CC1CSCCN1c1c(Cl)cc([N+](=O)[O-])cc1C(=O)O. The van der Waals surface area contributed by atoms with Crippen LogP contribution in [-0.2, 0) is 0 Å². The van der Waals surface area contributed by atoms with Crippen molar-refractivity contribution >= 4 is 40.7 Å². The van der Waals surface area contributed by atoms with Crippen LogP contribution in [0.3, 0.4) is 0 Å². The third-order valence-corrected chi connectivity index (χ3v) is 4.62. The molecule has 1 unspecified atom stereocenters. The number of carboxylic acids is 1. The second-order valence-electron chi connectivity index (χ2n) is 4.50. The van der Waals surface area contributed by atoms with E-state index in [9.17, 15) is 20.0 Å². The molecular weight excluding hydrogens is 304 g/mol. The Balaban J connectivity index is 2.56. The molecule has 0 aliphatic carbocycles. The van der Waals surface area contributed by atoms with Gasteiger partial charge in [0.05, 0.1) is 21.2 Å². The summed E-state index contributed by atoms with van der Waals surface area (Å²) >= 11 is 7.89. The second-order valence-corrected chi connectivity index (χ2v) is 6.06. The molecule has 0 amide bonds. The number of thioether (sulfide) groups is 1. The molecule has 20 heavy (non-hydrogen) atoms. The number of aromatic carboxylic acids is 1. The van der Waals surface area contributed by atoms with Gasteiger partial charge in [-0.1, -0.05) is 11.6 Å². The second kappa shape index (κ2) is 5.88. The highest BCUT2D eigenvalue weighted by Gasteiger charge is 2.28. The number of carboxylic acid groups (broad SMARTS) is 1. The number of hydrogen-bond acceptors (Lipinski definition) is 5. The Kier molecular flexibility index (Phi) is 4.39. The molecule has 0 spiro atoms.